The van der Waals surface area contributed by atoms with Crippen LogP contribution in [0.25, 0.3) is 0 Å². The molecule has 1 nitrogen and oxygen atoms in total. The summed E-state index contributed by atoms with van der Waals surface area (Å²) in [5.74, 6) is 0.151. The highest BCUT2D eigenvalue weighted by Crippen LogP contribution is 2.34. The van der Waals surface area contributed by atoms with Gasteiger partial charge in [0.05, 0.1) is 5.92 Å². The first kappa shape index (κ1) is 10.5. The van der Waals surface area contributed by atoms with Crippen molar-refractivity contribution in [1.82, 2.24) is 0 Å². The van der Waals surface area contributed by atoms with Gasteiger partial charge >= 0.3 is 0 Å². The van der Waals surface area contributed by atoms with E-state index in [1.165, 1.54) is 0 Å². The van der Waals surface area contributed by atoms with Crippen molar-refractivity contribution in [1.29, 1.82) is 0 Å². The number of benzene rings is 2. The second kappa shape index (κ2) is 4.01. The molecular weight excluding hydrogens is 232 g/mol. The first-order chi connectivity index (χ1) is 8.25. The van der Waals surface area contributed by atoms with Crippen molar-refractivity contribution in [3.8, 4) is 0 Å². The molecule has 0 saturated carbocycles. The lowest BCUT2D eigenvalue weighted by Gasteiger charge is -2.07. The number of hydrogen-bond acceptors (Lipinski definition) is 1. The number of Topliss-reactive ketones (excluding diaryl/α,β-unsaturated/α-hetero) is 1. The molecule has 1 atom stereocenters. The quantitative estimate of drug-likeness (QED) is 0.742. The van der Waals surface area contributed by atoms with E-state index in [4.69, 9.17) is 11.6 Å². The molecule has 0 N–H and O–H groups in total. The molecule has 1 aliphatic rings. The fourth-order valence-electron chi connectivity index (χ4n) is 2.41. The van der Waals surface area contributed by atoms with Crippen molar-refractivity contribution >= 4 is 17.4 Å². The van der Waals surface area contributed by atoms with Crippen LogP contribution in [0.4, 0.5) is 0 Å². The van der Waals surface area contributed by atoms with Crippen LogP contribution in [0.5, 0.6) is 0 Å². The molecule has 0 bridgehead atoms. The average Bonchev–Trinajstić information content (AvgIpc) is 2.68. The summed E-state index contributed by atoms with van der Waals surface area (Å²) in [6.07, 6.45) is 0.787. The average molecular weight is 243 g/mol. The number of carbonyl (C=O) groups is 1. The van der Waals surface area contributed by atoms with E-state index in [9.17, 15) is 4.79 Å². The molecule has 1 aliphatic carbocycles. The van der Waals surface area contributed by atoms with Gasteiger partial charge in [-0.1, -0.05) is 48.0 Å². The molecule has 17 heavy (non-hydrogen) atoms. The van der Waals surface area contributed by atoms with Crippen molar-refractivity contribution in [2.45, 2.75) is 12.3 Å². The molecule has 0 aromatic heterocycles. The molecule has 0 fully saturated rings. The minimum atomic E-state index is -0.0373. The molecule has 0 unspecified atom stereocenters. The van der Waals surface area contributed by atoms with E-state index >= 15 is 0 Å². The van der Waals surface area contributed by atoms with Crippen LogP contribution in [0.1, 0.15) is 27.4 Å². The summed E-state index contributed by atoms with van der Waals surface area (Å²) in [7, 11) is 0. The number of halogens is 1. The van der Waals surface area contributed by atoms with Gasteiger partial charge in [-0.2, -0.15) is 0 Å². The summed E-state index contributed by atoms with van der Waals surface area (Å²) >= 11 is 5.93. The summed E-state index contributed by atoms with van der Waals surface area (Å²) in [5, 5.41) is 0.630. The number of rotatable bonds is 1. The van der Waals surface area contributed by atoms with Crippen LogP contribution < -0.4 is 0 Å². The zero-order chi connectivity index (χ0) is 11.8. The third-order valence-corrected chi connectivity index (χ3v) is 3.51. The minimum Gasteiger partial charge on any atom is -0.293 e. The summed E-state index contributed by atoms with van der Waals surface area (Å²) < 4.78 is 0. The van der Waals surface area contributed by atoms with E-state index in [1.54, 1.807) is 6.07 Å². The second-order valence-corrected chi connectivity index (χ2v) is 4.77. The Morgan fingerprint density at radius 1 is 1.06 bits per heavy atom. The van der Waals surface area contributed by atoms with Crippen LogP contribution in [0.15, 0.2) is 48.5 Å². The van der Waals surface area contributed by atoms with Gasteiger partial charge in [-0.05, 0) is 29.7 Å². The summed E-state index contributed by atoms with van der Waals surface area (Å²) in [4.78, 5) is 12.3. The third kappa shape index (κ3) is 1.77. The molecule has 2 aromatic rings. The fraction of sp³-hybridized carbons (Fsp3) is 0.133. The Morgan fingerprint density at radius 3 is 2.59 bits per heavy atom. The van der Waals surface area contributed by atoms with E-state index in [0.717, 1.165) is 23.1 Å². The highest BCUT2D eigenvalue weighted by atomic mass is 35.5. The molecular formula is C15H11ClO. The topological polar surface area (TPSA) is 17.1 Å². The predicted octanol–water partition coefficient (Wildman–Crippen LogP) is 3.86. The van der Waals surface area contributed by atoms with Gasteiger partial charge in [-0.3, -0.25) is 4.79 Å². The molecule has 0 amide bonds. The van der Waals surface area contributed by atoms with Crippen molar-refractivity contribution in [2.24, 2.45) is 0 Å². The normalized spacial score (nSPS) is 18.2. The van der Waals surface area contributed by atoms with E-state index in [-0.39, 0.29) is 11.7 Å². The number of fused-ring (bicyclic) bond motifs is 1. The van der Waals surface area contributed by atoms with Crippen LogP contribution in [0.2, 0.25) is 5.02 Å². The largest absolute Gasteiger partial charge is 0.293 e. The van der Waals surface area contributed by atoms with Gasteiger partial charge in [0.1, 0.15) is 0 Å². The summed E-state index contributed by atoms with van der Waals surface area (Å²) in [5.41, 5.74) is 2.98. The molecule has 0 saturated heterocycles. The van der Waals surface area contributed by atoms with Gasteiger partial charge in [-0.15, -0.1) is 0 Å². The Morgan fingerprint density at radius 2 is 1.82 bits per heavy atom. The Kier molecular flexibility index (Phi) is 2.49. The summed E-state index contributed by atoms with van der Waals surface area (Å²) in [6.45, 7) is 0. The lowest BCUT2D eigenvalue weighted by Crippen LogP contribution is -2.06. The molecule has 84 valence electrons. The maximum atomic E-state index is 12.3. The zero-order valence-corrected chi connectivity index (χ0v) is 9.95. The molecule has 0 spiro atoms. The number of carbonyl (C=O) groups excluding carboxylic acids is 1. The Hall–Kier alpha value is -1.60. The first-order valence-electron chi connectivity index (χ1n) is 5.63. The fourth-order valence-corrected chi connectivity index (χ4v) is 2.58. The van der Waals surface area contributed by atoms with Crippen LogP contribution in [0, 0.1) is 0 Å². The highest BCUT2D eigenvalue weighted by molar-refractivity contribution is 6.31. The van der Waals surface area contributed by atoms with Gasteiger partial charge < -0.3 is 0 Å². The second-order valence-electron chi connectivity index (χ2n) is 4.33. The van der Waals surface area contributed by atoms with Crippen LogP contribution >= 0.6 is 11.6 Å². The monoisotopic (exact) mass is 242 g/mol. The zero-order valence-electron chi connectivity index (χ0n) is 9.19. The lowest BCUT2D eigenvalue weighted by molar-refractivity contribution is 0.0973. The maximum Gasteiger partial charge on any atom is 0.170 e. The molecule has 2 aromatic carbocycles. The Bertz CT molecular complexity index is 575. The van der Waals surface area contributed by atoms with E-state index in [1.807, 2.05) is 42.5 Å². The molecule has 0 heterocycles. The highest BCUT2D eigenvalue weighted by Gasteiger charge is 2.31. The lowest BCUT2D eigenvalue weighted by atomic mass is 9.95. The van der Waals surface area contributed by atoms with Crippen LogP contribution in [0.3, 0.4) is 0 Å². The molecule has 0 aliphatic heterocycles. The van der Waals surface area contributed by atoms with Crippen LogP contribution in [-0.4, -0.2) is 5.78 Å². The Labute approximate surface area is 105 Å². The summed E-state index contributed by atoms with van der Waals surface area (Å²) in [6, 6.07) is 15.5. The van der Waals surface area contributed by atoms with E-state index in [2.05, 4.69) is 0 Å². The SMILES string of the molecule is O=C1c2cc(Cl)ccc2C[C@H]1c1ccccc1. The van der Waals surface area contributed by atoms with Crippen molar-refractivity contribution in [3.63, 3.8) is 0 Å². The van der Waals surface area contributed by atoms with Gasteiger partial charge in [-0.25, -0.2) is 0 Å². The number of ketones is 1. The molecule has 2 heteroatoms. The van der Waals surface area contributed by atoms with Crippen LogP contribution in [-0.2, 0) is 6.42 Å². The first-order valence-corrected chi connectivity index (χ1v) is 6.01. The molecule has 3 rings (SSSR count). The van der Waals surface area contributed by atoms with Gasteiger partial charge in [0.25, 0.3) is 0 Å². The van der Waals surface area contributed by atoms with Crippen molar-refractivity contribution < 1.29 is 4.79 Å². The standard InChI is InChI=1S/C15H11ClO/c16-12-7-6-11-8-13(15(17)14(11)9-12)10-4-2-1-3-5-10/h1-7,9,13H,8H2/t13-/m0/s1. The predicted molar refractivity (Wildman–Crippen MR) is 68.7 cm³/mol. The van der Waals surface area contributed by atoms with Crippen molar-refractivity contribution in [3.05, 3.63) is 70.2 Å². The number of hydrogen-bond donors (Lipinski definition) is 0. The van der Waals surface area contributed by atoms with E-state index in [0.29, 0.717) is 5.02 Å². The third-order valence-electron chi connectivity index (χ3n) is 3.28. The van der Waals surface area contributed by atoms with Gasteiger partial charge in [0, 0.05) is 10.6 Å². The Balaban J connectivity index is 2.02. The van der Waals surface area contributed by atoms with E-state index < -0.39 is 0 Å². The maximum absolute atomic E-state index is 12.3. The van der Waals surface area contributed by atoms with Crippen molar-refractivity contribution in [2.75, 3.05) is 0 Å². The van der Waals surface area contributed by atoms with Gasteiger partial charge in [0.15, 0.2) is 5.78 Å². The van der Waals surface area contributed by atoms with Gasteiger partial charge in [0.2, 0.25) is 0 Å². The minimum absolute atomic E-state index is 0.0373. The smallest absolute Gasteiger partial charge is 0.170 e. The molecule has 0 radical (unpaired) electrons.